The summed E-state index contributed by atoms with van der Waals surface area (Å²) in [6.07, 6.45) is -8.01. The molecule has 0 aliphatic carbocycles. The van der Waals surface area contributed by atoms with E-state index in [-0.39, 0.29) is 11.6 Å². The number of rotatable bonds is 5. The minimum Gasteiger partial charge on any atom is -0.324 e. The Morgan fingerprint density at radius 2 is 1.56 bits per heavy atom. The van der Waals surface area contributed by atoms with E-state index in [1.165, 1.54) is 12.3 Å². The molecule has 0 aliphatic heterocycles. The number of hydrogen-bond donors (Lipinski definition) is 1. The van der Waals surface area contributed by atoms with Crippen LogP contribution < -0.4 is 5.32 Å². The van der Waals surface area contributed by atoms with Crippen molar-refractivity contribution in [2.45, 2.75) is 19.3 Å². The average molecular weight is 503 g/mol. The Hall–Kier alpha value is -4.42. The van der Waals surface area contributed by atoms with Crippen molar-refractivity contribution in [2.24, 2.45) is 4.99 Å². The molecule has 0 saturated carbocycles. The van der Waals surface area contributed by atoms with Gasteiger partial charge in [-0.05, 0) is 31.2 Å². The van der Waals surface area contributed by atoms with Crippen LogP contribution in [0.3, 0.4) is 0 Å². The molecule has 4 aromatic rings. The van der Waals surface area contributed by atoms with Gasteiger partial charge in [-0.25, -0.2) is 9.98 Å². The summed E-state index contributed by atoms with van der Waals surface area (Å²) in [5.74, 6) is -1.31. The van der Waals surface area contributed by atoms with Crippen LogP contribution in [-0.4, -0.2) is 36.8 Å². The minimum atomic E-state index is -4.76. The van der Waals surface area contributed by atoms with E-state index in [1.807, 2.05) is 30.3 Å². The molecule has 0 bridgehead atoms. The van der Waals surface area contributed by atoms with Gasteiger partial charge in [-0.2, -0.15) is 41.3 Å². The van der Waals surface area contributed by atoms with Gasteiger partial charge in [0.15, 0.2) is 5.82 Å². The Labute approximate surface area is 200 Å². The fourth-order valence-electron chi connectivity index (χ4n) is 2.92. The van der Waals surface area contributed by atoms with Crippen LogP contribution in [0.4, 0.5) is 43.9 Å². The molecule has 0 atom stereocenters. The van der Waals surface area contributed by atoms with Crippen LogP contribution in [0.1, 0.15) is 12.6 Å². The number of benzene rings is 1. The molecule has 7 nitrogen and oxygen atoms in total. The van der Waals surface area contributed by atoms with Crippen LogP contribution in [-0.2, 0) is 6.18 Å². The molecule has 0 aliphatic rings. The van der Waals surface area contributed by atoms with Crippen molar-refractivity contribution in [3.05, 3.63) is 72.6 Å². The Balaban J connectivity index is 1.77. The Morgan fingerprint density at radius 1 is 0.806 bits per heavy atom. The average Bonchev–Trinajstić information content (AvgIpc) is 2.83. The smallest absolute Gasteiger partial charge is 0.324 e. The lowest BCUT2D eigenvalue weighted by atomic mass is 10.1. The molecule has 0 spiro atoms. The van der Waals surface area contributed by atoms with Crippen LogP contribution in [0, 0.1) is 0 Å². The number of pyridine rings is 2. The first-order valence-electron chi connectivity index (χ1n) is 10.2. The Morgan fingerprint density at radius 3 is 2.25 bits per heavy atom. The monoisotopic (exact) mass is 503 g/mol. The molecule has 13 heteroatoms. The van der Waals surface area contributed by atoms with Crippen molar-refractivity contribution < 1.29 is 26.3 Å². The fraction of sp³-hybridized carbons (Fsp3) is 0.130. The first kappa shape index (κ1) is 24.7. The van der Waals surface area contributed by atoms with Gasteiger partial charge in [0.05, 0.1) is 5.69 Å². The van der Waals surface area contributed by atoms with E-state index >= 15 is 0 Å². The molecule has 184 valence electrons. The SMILES string of the molecule is C/C(=N\c1nc(Nc2ccnc(-c3ccccc3)c2)nc(-c2cccc(C(F)(F)F)n2)n1)C(F)(F)F. The van der Waals surface area contributed by atoms with Crippen molar-refractivity contribution in [1.29, 1.82) is 0 Å². The third-order valence-electron chi connectivity index (χ3n) is 4.66. The molecule has 3 heterocycles. The van der Waals surface area contributed by atoms with Gasteiger partial charge in [0.25, 0.3) is 5.95 Å². The lowest BCUT2D eigenvalue weighted by molar-refractivity contribution is -0.141. The molecule has 0 radical (unpaired) electrons. The molecule has 0 amide bonds. The van der Waals surface area contributed by atoms with Gasteiger partial charge in [-0.1, -0.05) is 36.4 Å². The zero-order chi connectivity index (χ0) is 25.9. The van der Waals surface area contributed by atoms with Gasteiger partial charge in [-0.15, -0.1) is 0 Å². The summed E-state index contributed by atoms with van der Waals surface area (Å²) in [6.45, 7) is 0.716. The zero-order valence-corrected chi connectivity index (χ0v) is 18.3. The highest BCUT2D eigenvalue weighted by Crippen LogP contribution is 2.30. The van der Waals surface area contributed by atoms with Crippen LogP contribution in [0.2, 0.25) is 0 Å². The molecule has 0 saturated heterocycles. The van der Waals surface area contributed by atoms with Crippen LogP contribution in [0.15, 0.2) is 71.9 Å². The maximum atomic E-state index is 13.1. The Bertz CT molecular complexity index is 1400. The highest BCUT2D eigenvalue weighted by molar-refractivity contribution is 5.89. The molecule has 36 heavy (non-hydrogen) atoms. The van der Waals surface area contributed by atoms with Crippen molar-refractivity contribution >= 4 is 23.3 Å². The van der Waals surface area contributed by atoms with Crippen molar-refractivity contribution in [3.8, 4) is 22.8 Å². The first-order valence-corrected chi connectivity index (χ1v) is 10.2. The largest absolute Gasteiger partial charge is 0.433 e. The molecule has 0 unspecified atom stereocenters. The van der Waals surface area contributed by atoms with E-state index in [2.05, 4.69) is 35.2 Å². The number of nitrogens with one attached hydrogen (secondary N) is 1. The van der Waals surface area contributed by atoms with Gasteiger partial charge < -0.3 is 5.32 Å². The Kier molecular flexibility index (Phi) is 6.64. The van der Waals surface area contributed by atoms with Gasteiger partial charge in [0.1, 0.15) is 17.1 Å². The third kappa shape index (κ3) is 5.98. The number of alkyl halides is 6. The van der Waals surface area contributed by atoms with Gasteiger partial charge in [-0.3, -0.25) is 4.98 Å². The van der Waals surface area contributed by atoms with Crippen LogP contribution in [0.5, 0.6) is 0 Å². The summed E-state index contributed by atoms with van der Waals surface area (Å²) in [6, 6.07) is 15.4. The van der Waals surface area contributed by atoms with Crippen molar-refractivity contribution in [2.75, 3.05) is 5.32 Å². The predicted molar refractivity (Wildman–Crippen MR) is 120 cm³/mol. The van der Waals surface area contributed by atoms with Gasteiger partial charge in [0.2, 0.25) is 5.95 Å². The number of nitrogens with zero attached hydrogens (tertiary/aromatic N) is 6. The van der Waals surface area contributed by atoms with Gasteiger partial charge >= 0.3 is 12.4 Å². The fourth-order valence-corrected chi connectivity index (χ4v) is 2.92. The summed E-state index contributed by atoms with van der Waals surface area (Å²) >= 11 is 0. The van der Waals surface area contributed by atoms with E-state index in [0.29, 0.717) is 18.3 Å². The number of aromatic nitrogens is 5. The highest BCUT2D eigenvalue weighted by atomic mass is 19.4. The summed E-state index contributed by atoms with van der Waals surface area (Å²) < 4.78 is 78.5. The van der Waals surface area contributed by atoms with Crippen molar-refractivity contribution in [3.63, 3.8) is 0 Å². The highest BCUT2D eigenvalue weighted by Gasteiger charge is 2.33. The minimum absolute atomic E-state index is 0.252. The van der Waals surface area contributed by atoms with E-state index in [1.54, 1.807) is 12.1 Å². The predicted octanol–water partition coefficient (Wildman–Crippen LogP) is 6.41. The summed E-state index contributed by atoms with van der Waals surface area (Å²) in [5, 5.41) is 2.82. The molecule has 0 fully saturated rings. The molecule has 1 aromatic carbocycles. The molecule has 4 rings (SSSR count). The summed E-state index contributed by atoms with van der Waals surface area (Å²) in [5.41, 5.74) is -0.986. The quantitative estimate of drug-likeness (QED) is 0.250. The third-order valence-corrected chi connectivity index (χ3v) is 4.66. The van der Waals surface area contributed by atoms with Gasteiger partial charge in [0, 0.05) is 17.4 Å². The number of halogens is 6. The molecular formula is C23H15F6N7. The van der Waals surface area contributed by atoms with Crippen LogP contribution >= 0.6 is 0 Å². The van der Waals surface area contributed by atoms with Crippen molar-refractivity contribution in [1.82, 2.24) is 24.9 Å². The lowest BCUT2D eigenvalue weighted by Gasteiger charge is -2.11. The second kappa shape index (κ2) is 9.68. The van der Waals surface area contributed by atoms with E-state index in [4.69, 9.17) is 0 Å². The maximum absolute atomic E-state index is 13.1. The first-order chi connectivity index (χ1) is 17.0. The lowest BCUT2D eigenvalue weighted by Crippen LogP contribution is -2.19. The number of hydrogen-bond acceptors (Lipinski definition) is 7. The summed E-state index contributed by atoms with van der Waals surface area (Å²) in [7, 11) is 0. The normalized spacial score (nSPS) is 12.5. The molecule has 1 N–H and O–H groups in total. The van der Waals surface area contributed by atoms with E-state index in [9.17, 15) is 26.3 Å². The number of aliphatic imine (C=N–C) groups is 1. The second-order valence-electron chi connectivity index (χ2n) is 7.30. The van der Waals surface area contributed by atoms with E-state index in [0.717, 1.165) is 17.7 Å². The zero-order valence-electron chi connectivity index (χ0n) is 18.3. The van der Waals surface area contributed by atoms with Crippen LogP contribution in [0.25, 0.3) is 22.8 Å². The number of anilines is 2. The molecular weight excluding hydrogens is 488 g/mol. The topological polar surface area (TPSA) is 88.8 Å². The standard InChI is InChI=1S/C23H15F6N7/c1-13(22(24,25)26)31-20-34-19(16-8-5-9-18(33-16)23(27,28)29)35-21(36-20)32-15-10-11-30-17(12-15)14-6-3-2-4-7-14/h2-12H,1H3,(H,30,32,34,35,36)/b31-13+. The molecule has 3 aromatic heterocycles. The second-order valence-corrected chi connectivity index (χ2v) is 7.30. The van der Waals surface area contributed by atoms with E-state index < -0.39 is 35.5 Å². The summed E-state index contributed by atoms with van der Waals surface area (Å²) in [4.78, 5) is 22.9. The maximum Gasteiger partial charge on any atom is 0.433 e.